The molecule has 0 spiro atoms. The molecule has 2 aliphatic rings. The quantitative estimate of drug-likeness (QED) is 0.570. The topological polar surface area (TPSA) is 108 Å². The number of aryl methyl sites for hydroxylation is 1. The fraction of sp³-hybridized carbons (Fsp3) is 0.571. The lowest BCUT2D eigenvalue weighted by molar-refractivity contribution is -0.140. The monoisotopic (exact) mass is 401 g/mol. The third kappa shape index (κ3) is 6.01. The molecule has 0 aliphatic carbocycles. The van der Waals surface area contributed by atoms with Crippen LogP contribution in [0.25, 0.3) is 0 Å². The number of rotatable bonds is 7. The van der Waals surface area contributed by atoms with Crippen molar-refractivity contribution in [2.45, 2.75) is 37.8 Å². The molecule has 2 aliphatic heterocycles. The van der Waals surface area contributed by atoms with E-state index < -0.39 is 0 Å². The molecule has 2 fully saturated rings. The van der Waals surface area contributed by atoms with Crippen molar-refractivity contribution in [3.8, 4) is 0 Å². The molecular formula is C21H31N5O3. The van der Waals surface area contributed by atoms with Crippen LogP contribution >= 0.6 is 0 Å². The summed E-state index contributed by atoms with van der Waals surface area (Å²) in [5.41, 5.74) is 6.57. The number of hydrogen-bond donors (Lipinski definition) is 3. The molecule has 2 heterocycles. The van der Waals surface area contributed by atoms with Crippen LogP contribution < -0.4 is 16.4 Å². The van der Waals surface area contributed by atoms with Crippen molar-refractivity contribution in [3.63, 3.8) is 0 Å². The van der Waals surface area contributed by atoms with Gasteiger partial charge in [-0.25, -0.2) is 0 Å². The van der Waals surface area contributed by atoms with Gasteiger partial charge in [0.2, 0.25) is 17.7 Å². The lowest BCUT2D eigenvalue weighted by Crippen LogP contribution is -2.54. The molecule has 0 aromatic heterocycles. The molecule has 0 unspecified atom stereocenters. The largest absolute Gasteiger partial charge is 0.351 e. The van der Waals surface area contributed by atoms with Gasteiger partial charge in [-0.2, -0.15) is 0 Å². The van der Waals surface area contributed by atoms with E-state index in [-0.39, 0.29) is 36.3 Å². The van der Waals surface area contributed by atoms with Crippen LogP contribution in [0.4, 0.5) is 0 Å². The van der Waals surface area contributed by atoms with E-state index in [2.05, 4.69) is 22.8 Å². The van der Waals surface area contributed by atoms with Crippen molar-refractivity contribution < 1.29 is 14.4 Å². The zero-order chi connectivity index (χ0) is 20.6. The second-order valence-corrected chi connectivity index (χ2v) is 7.71. The molecule has 1 aromatic rings. The Labute approximate surface area is 171 Å². The molecule has 8 nitrogen and oxygen atoms in total. The summed E-state index contributed by atoms with van der Waals surface area (Å²) in [7, 11) is 0. The van der Waals surface area contributed by atoms with Crippen molar-refractivity contribution in [3.05, 3.63) is 35.9 Å². The van der Waals surface area contributed by atoms with Gasteiger partial charge in [0.25, 0.3) is 0 Å². The molecule has 0 saturated carbocycles. The Morgan fingerprint density at radius 1 is 1.07 bits per heavy atom. The Hall–Kier alpha value is -2.45. The van der Waals surface area contributed by atoms with Crippen LogP contribution in [0.2, 0.25) is 0 Å². The molecule has 2 saturated heterocycles. The lowest BCUT2D eigenvalue weighted by Gasteiger charge is -2.36. The standard InChI is InChI=1S/C21H31N5O3/c22-14-19(27)24-17-13-18(23-15-17)21(29)26-11-9-25(10-12-26)20(28)8-4-7-16-5-2-1-3-6-16/h1-3,5-6,17-18,23H,4,7-15,22H2,(H,24,27)/t17-,18+/m1/s1. The smallest absolute Gasteiger partial charge is 0.239 e. The SMILES string of the molecule is NCC(=O)N[C@H]1CN[C@H](C(=O)N2CCN(C(=O)CCCc3ccccc3)CC2)C1. The summed E-state index contributed by atoms with van der Waals surface area (Å²) >= 11 is 0. The van der Waals surface area contributed by atoms with Crippen LogP contribution in [0.5, 0.6) is 0 Å². The summed E-state index contributed by atoms with van der Waals surface area (Å²) in [6.45, 7) is 2.80. The van der Waals surface area contributed by atoms with Crippen LogP contribution in [0.1, 0.15) is 24.8 Å². The Balaban J connectivity index is 1.37. The highest BCUT2D eigenvalue weighted by Crippen LogP contribution is 2.13. The van der Waals surface area contributed by atoms with Gasteiger partial charge in [0.1, 0.15) is 0 Å². The Bertz CT molecular complexity index is 704. The normalized spacial score (nSPS) is 21.8. The Morgan fingerprint density at radius 3 is 2.45 bits per heavy atom. The summed E-state index contributed by atoms with van der Waals surface area (Å²) in [4.78, 5) is 40.3. The van der Waals surface area contributed by atoms with Crippen molar-refractivity contribution in [1.82, 2.24) is 20.4 Å². The van der Waals surface area contributed by atoms with Gasteiger partial charge >= 0.3 is 0 Å². The molecule has 0 radical (unpaired) electrons. The first-order valence-electron chi connectivity index (χ1n) is 10.4. The van der Waals surface area contributed by atoms with Gasteiger partial charge in [0.15, 0.2) is 0 Å². The van der Waals surface area contributed by atoms with Gasteiger partial charge in [-0.3, -0.25) is 14.4 Å². The average Bonchev–Trinajstić information content (AvgIpc) is 3.22. The van der Waals surface area contributed by atoms with E-state index >= 15 is 0 Å². The molecule has 8 heteroatoms. The van der Waals surface area contributed by atoms with E-state index in [0.717, 1.165) is 12.8 Å². The minimum absolute atomic E-state index is 0.0452. The lowest BCUT2D eigenvalue weighted by atomic mass is 10.1. The molecule has 2 atom stereocenters. The third-order valence-corrected chi connectivity index (χ3v) is 5.62. The van der Waals surface area contributed by atoms with Crippen LogP contribution in [0.15, 0.2) is 30.3 Å². The van der Waals surface area contributed by atoms with Gasteiger partial charge in [0, 0.05) is 45.2 Å². The summed E-state index contributed by atoms with van der Waals surface area (Å²) < 4.78 is 0. The van der Waals surface area contributed by atoms with E-state index in [0.29, 0.717) is 45.6 Å². The molecule has 158 valence electrons. The van der Waals surface area contributed by atoms with Crippen molar-refractivity contribution in [2.75, 3.05) is 39.3 Å². The number of piperazine rings is 1. The number of hydrogen-bond acceptors (Lipinski definition) is 5. The number of nitrogens with two attached hydrogens (primary N) is 1. The number of carbonyl (C=O) groups excluding carboxylic acids is 3. The molecule has 1 aromatic carbocycles. The highest BCUT2D eigenvalue weighted by molar-refractivity contribution is 5.83. The van der Waals surface area contributed by atoms with Gasteiger partial charge in [-0.1, -0.05) is 30.3 Å². The fourth-order valence-corrected chi connectivity index (χ4v) is 3.96. The van der Waals surface area contributed by atoms with Gasteiger partial charge < -0.3 is 26.2 Å². The van der Waals surface area contributed by atoms with Crippen molar-refractivity contribution in [1.29, 1.82) is 0 Å². The first-order chi connectivity index (χ1) is 14.1. The maximum absolute atomic E-state index is 12.7. The number of nitrogens with zero attached hydrogens (tertiary/aromatic N) is 2. The summed E-state index contributed by atoms with van der Waals surface area (Å²) in [6, 6.07) is 9.84. The number of benzene rings is 1. The Kier molecular flexibility index (Phi) is 7.60. The Morgan fingerprint density at radius 2 is 1.76 bits per heavy atom. The highest BCUT2D eigenvalue weighted by Gasteiger charge is 2.34. The molecule has 0 bridgehead atoms. The maximum Gasteiger partial charge on any atom is 0.239 e. The fourth-order valence-electron chi connectivity index (χ4n) is 3.96. The van der Waals surface area contributed by atoms with Crippen LogP contribution in [0, 0.1) is 0 Å². The van der Waals surface area contributed by atoms with Gasteiger partial charge in [0.05, 0.1) is 12.6 Å². The summed E-state index contributed by atoms with van der Waals surface area (Å²) in [5, 5.41) is 6.00. The van der Waals surface area contributed by atoms with Gasteiger partial charge in [-0.05, 0) is 24.8 Å². The van der Waals surface area contributed by atoms with E-state index in [9.17, 15) is 14.4 Å². The second kappa shape index (κ2) is 10.4. The van der Waals surface area contributed by atoms with E-state index in [1.807, 2.05) is 28.0 Å². The zero-order valence-electron chi connectivity index (χ0n) is 16.8. The molecule has 29 heavy (non-hydrogen) atoms. The number of nitrogens with one attached hydrogen (secondary N) is 2. The number of amides is 3. The minimum atomic E-state index is -0.286. The van der Waals surface area contributed by atoms with Crippen LogP contribution in [-0.4, -0.2) is 78.9 Å². The predicted molar refractivity (Wildman–Crippen MR) is 110 cm³/mol. The summed E-state index contributed by atoms with van der Waals surface area (Å²) in [5.74, 6) is 0.00606. The molecule has 3 amide bonds. The first kappa shape index (κ1) is 21.3. The maximum atomic E-state index is 12.7. The summed E-state index contributed by atoms with van der Waals surface area (Å²) in [6.07, 6.45) is 2.85. The molecule has 3 rings (SSSR count). The van der Waals surface area contributed by atoms with Crippen LogP contribution in [-0.2, 0) is 20.8 Å². The van der Waals surface area contributed by atoms with Crippen molar-refractivity contribution in [2.24, 2.45) is 5.73 Å². The molecule has 4 N–H and O–H groups in total. The molecular weight excluding hydrogens is 370 g/mol. The highest BCUT2D eigenvalue weighted by atomic mass is 16.2. The average molecular weight is 402 g/mol. The predicted octanol–water partition coefficient (Wildman–Crippen LogP) is -0.514. The first-order valence-corrected chi connectivity index (χ1v) is 10.4. The number of carbonyl (C=O) groups is 3. The third-order valence-electron chi connectivity index (χ3n) is 5.62. The van der Waals surface area contributed by atoms with E-state index in [1.165, 1.54) is 5.56 Å². The second-order valence-electron chi connectivity index (χ2n) is 7.71. The van der Waals surface area contributed by atoms with Crippen LogP contribution in [0.3, 0.4) is 0 Å². The van der Waals surface area contributed by atoms with Gasteiger partial charge in [-0.15, -0.1) is 0 Å². The van der Waals surface area contributed by atoms with E-state index in [1.54, 1.807) is 0 Å². The van der Waals surface area contributed by atoms with E-state index in [4.69, 9.17) is 5.73 Å². The minimum Gasteiger partial charge on any atom is -0.351 e. The van der Waals surface area contributed by atoms with Crippen molar-refractivity contribution >= 4 is 17.7 Å². The zero-order valence-corrected chi connectivity index (χ0v) is 16.8.